The van der Waals surface area contributed by atoms with E-state index in [2.05, 4.69) is 30.2 Å². The quantitative estimate of drug-likeness (QED) is 0.268. The van der Waals surface area contributed by atoms with Crippen LogP contribution in [0.25, 0.3) is 0 Å². The number of unbranched alkanes of at least 4 members (excludes halogenated alkanes) is 15. The molecule has 2 heteroatoms. The van der Waals surface area contributed by atoms with Crippen molar-refractivity contribution in [2.24, 2.45) is 0 Å². The summed E-state index contributed by atoms with van der Waals surface area (Å²) in [6.45, 7) is 5.46. The maximum atomic E-state index is 4.38. The maximum absolute atomic E-state index is 4.38. The largest absolute Gasteiger partial charge is 0.370 e. The first-order valence-electron chi connectivity index (χ1n) is 11.5. The van der Waals surface area contributed by atoms with Gasteiger partial charge >= 0.3 is 0 Å². The van der Waals surface area contributed by atoms with Crippen molar-refractivity contribution in [1.29, 1.82) is 0 Å². The summed E-state index contributed by atoms with van der Waals surface area (Å²) in [6.07, 6.45) is 24.6. The second kappa shape index (κ2) is 17.4. The SMILES string of the molecule is CCCCCCCCCCCCCCCCCCNc1ncccc1C. The number of aromatic nitrogens is 1. The van der Waals surface area contributed by atoms with Crippen molar-refractivity contribution in [3.63, 3.8) is 0 Å². The van der Waals surface area contributed by atoms with E-state index in [0.29, 0.717) is 0 Å². The highest BCUT2D eigenvalue weighted by atomic mass is 15.0. The van der Waals surface area contributed by atoms with E-state index in [0.717, 1.165) is 12.4 Å². The Morgan fingerprint density at radius 3 is 1.62 bits per heavy atom. The van der Waals surface area contributed by atoms with Gasteiger partial charge in [-0.2, -0.15) is 0 Å². The molecular formula is C24H44N2. The molecule has 0 aliphatic rings. The Labute approximate surface area is 163 Å². The summed E-state index contributed by atoms with van der Waals surface area (Å²) >= 11 is 0. The molecule has 1 rings (SSSR count). The smallest absolute Gasteiger partial charge is 0.128 e. The monoisotopic (exact) mass is 360 g/mol. The number of aryl methyl sites for hydroxylation is 1. The second-order valence-corrected chi connectivity index (χ2v) is 7.90. The normalized spacial score (nSPS) is 11.0. The minimum Gasteiger partial charge on any atom is -0.370 e. The van der Waals surface area contributed by atoms with Crippen molar-refractivity contribution in [2.45, 2.75) is 117 Å². The maximum Gasteiger partial charge on any atom is 0.128 e. The molecule has 0 saturated heterocycles. The lowest BCUT2D eigenvalue weighted by atomic mass is 10.0. The number of nitrogens with zero attached hydrogens (tertiary/aromatic N) is 1. The van der Waals surface area contributed by atoms with Crippen LogP contribution in [0.3, 0.4) is 0 Å². The van der Waals surface area contributed by atoms with Gasteiger partial charge in [-0.1, -0.05) is 109 Å². The summed E-state index contributed by atoms with van der Waals surface area (Å²) < 4.78 is 0. The predicted octanol–water partition coefficient (Wildman–Crippen LogP) is 8.06. The Bertz CT molecular complexity index is 416. The van der Waals surface area contributed by atoms with Gasteiger partial charge in [0.25, 0.3) is 0 Å². The summed E-state index contributed by atoms with van der Waals surface area (Å²) in [5.41, 5.74) is 1.24. The van der Waals surface area contributed by atoms with E-state index in [1.165, 1.54) is 108 Å². The lowest BCUT2D eigenvalue weighted by molar-refractivity contribution is 0.530. The van der Waals surface area contributed by atoms with Gasteiger partial charge in [0.2, 0.25) is 0 Å². The number of pyridine rings is 1. The number of hydrogen-bond donors (Lipinski definition) is 1. The molecule has 0 fully saturated rings. The van der Waals surface area contributed by atoms with Crippen molar-refractivity contribution < 1.29 is 0 Å². The van der Waals surface area contributed by atoms with Crippen LogP contribution in [0.2, 0.25) is 0 Å². The lowest BCUT2D eigenvalue weighted by Crippen LogP contribution is -2.04. The van der Waals surface area contributed by atoms with E-state index in [1.54, 1.807) is 0 Å². The molecule has 0 unspecified atom stereocenters. The van der Waals surface area contributed by atoms with Crippen LogP contribution in [0.1, 0.15) is 115 Å². The molecule has 0 aliphatic heterocycles. The van der Waals surface area contributed by atoms with Gasteiger partial charge in [0, 0.05) is 12.7 Å². The van der Waals surface area contributed by atoms with Gasteiger partial charge in [0.1, 0.15) is 5.82 Å². The molecule has 1 aromatic heterocycles. The third kappa shape index (κ3) is 13.2. The van der Waals surface area contributed by atoms with Crippen LogP contribution in [-0.4, -0.2) is 11.5 Å². The third-order valence-corrected chi connectivity index (χ3v) is 5.33. The molecule has 0 aromatic carbocycles. The first-order chi connectivity index (χ1) is 12.8. The molecule has 26 heavy (non-hydrogen) atoms. The van der Waals surface area contributed by atoms with E-state index in [1.807, 2.05) is 12.3 Å². The first-order valence-corrected chi connectivity index (χ1v) is 11.5. The topological polar surface area (TPSA) is 24.9 Å². The molecule has 0 amide bonds. The molecule has 0 atom stereocenters. The summed E-state index contributed by atoms with van der Waals surface area (Å²) in [4.78, 5) is 4.38. The number of rotatable bonds is 18. The molecule has 150 valence electrons. The highest BCUT2D eigenvalue weighted by Gasteiger charge is 1.97. The fraction of sp³-hybridized carbons (Fsp3) is 0.792. The van der Waals surface area contributed by atoms with Gasteiger partial charge in [-0.15, -0.1) is 0 Å². The number of anilines is 1. The molecular weight excluding hydrogens is 316 g/mol. The number of hydrogen-bond acceptors (Lipinski definition) is 2. The second-order valence-electron chi connectivity index (χ2n) is 7.90. The standard InChI is InChI=1S/C24H44N2/c1-3-4-5-6-7-8-9-10-11-12-13-14-15-16-17-18-21-25-24-23(2)20-19-22-26-24/h19-20,22H,3-18,21H2,1-2H3,(H,25,26). The lowest BCUT2D eigenvalue weighted by Gasteiger charge is -2.07. The van der Waals surface area contributed by atoms with Crippen LogP contribution >= 0.6 is 0 Å². The Hall–Kier alpha value is -1.05. The zero-order valence-electron chi connectivity index (χ0n) is 17.7. The van der Waals surface area contributed by atoms with Gasteiger partial charge in [-0.05, 0) is 25.0 Å². The van der Waals surface area contributed by atoms with Gasteiger partial charge < -0.3 is 5.32 Å². The van der Waals surface area contributed by atoms with Crippen molar-refractivity contribution >= 4 is 5.82 Å². The first kappa shape index (κ1) is 23.0. The van der Waals surface area contributed by atoms with Gasteiger partial charge in [-0.3, -0.25) is 0 Å². The highest BCUT2D eigenvalue weighted by Crippen LogP contribution is 2.14. The minimum absolute atomic E-state index is 1.05. The zero-order valence-corrected chi connectivity index (χ0v) is 17.7. The van der Waals surface area contributed by atoms with Crippen molar-refractivity contribution in [3.05, 3.63) is 23.9 Å². The van der Waals surface area contributed by atoms with Crippen LogP contribution in [0.4, 0.5) is 5.82 Å². The Morgan fingerprint density at radius 1 is 0.692 bits per heavy atom. The molecule has 0 radical (unpaired) electrons. The van der Waals surface area contributed by atoms with Gasteiger partial charge in [-0.25, -0.2) is 4.98 Å². The zero-order chi connectivity index (χ0) is 18.7. The van der Waals surface area contributed by atoms with Crippen LogP contribution < -0.4 is 5.32 Å². The van der Waals surface area contributed by atoms with Crippen LogP contribution in [0.15, 0.2) is 18.3 Å². The Morgan fingerprint density at radius 2 is 1.15 bits per heavy atom. The van der Waals surface area contributed by atoms with E-state index >= 15 is 0 Å². The van der Waals surface area contributed by atoms with E-state index in [9.17, 15) is 0 Å². The van der Waals surface area contributed by atoms with Crippen molar-refractivity contribution in [3.8, 4) is 0 Å². The molecule has 1 aromatic rings. The molecule has 2 nitrogen and oxygen atoms in total. The van der Waals surface area contributed by atoms with Gasteiger partial charge in [0.15, 0.2) is 0 Å². The predicted molar refractivity (Wildman–Crippen MR) is 117 cm³/mol. The van der Waals surface area contributed by atoms with E-state index in [-0.39, 0.29) is 0 Å². The summed E-state index contributed by atoms with van der Waals surface area (Å²) in [6, 6.07) is 4.11. The van der Waals surface area contributed by atoms with Crippen LogP contribution in [0.5, 0.6) is 0 Å². The van der Waals surface area contributed by atoms with Crippen LogP contribution in [0, 0.1) is 6.92 Å². The summed E-state index contributed by atoms with van der Waals surface area (Å²) in [5.74, 6) is 1.05. The van der Waals surface area contributed by atoms with E-state index < -0.39 is 0 Å². The fourth-order valence-electron chi connectivity index (χ4n) is 3.55. The molecule has 0 saturated carbocycles. The average Bonchev–Trinajstić information content (AvgIpc) is 2.65. The molecule has 0 aliphatic carbocycles. The van der Waals surface area contributed by atoms with Crippen molar-refractivity contribution in [2.75, 3.05) is 11.9 Å². The van der Waals surface area contributed by atoms with Crippen LogP contribution in [-0.2, 0) is 0 Å². The number of nitrogens with one attached hydrogen (secondary N) is 1. The van der Waals surface area contributed by atoms with E-state index in [4.69, 9.17) is 0 Å². The highest BCUT2D eigenvalue weighted by molar-refractivity contribution is 5.42. The average molecular weight is 361 g/mol. The van der Waals surface area contributed by atoms with Gasteiger partial charge in [0.05, 0.1) is 0 Å². The molecule has 1 N–H and O–H groups in total. The molecule has 0 bridgehead atoms. The molecule has 1 heterocycles. The fourth-order valence-corrected chi connectivity index (χ4v) is 3.55. The Balaban J connectivity index is 1.74. The third-order valence-electron chi connectivity index (χ3n) is 5.33. The van der Waals surface area contributed by atoms with Crippen molar-refractivity contribution in [1.82, 2.24) is 4.98 Å². The molecule has 0 spiro atoms. The minimum atomic E-state index is 1.05. The summed E-state index contributed by atoms with van der Waals surface area (Å²) in [5, 5.41) is 3.45. The summed E-state index contributed by atoms with van der Waals surface area (Å²) in [7, 11) is 0. The Kier molecular flexibility index (Phi) is 15.4.